The molecule has 2 aliphatic rings. The molecule has 0 radical (unpaired) electrons. The van der Waals surface area contributed by atoms with Gasteiger partial charge in [0.1, 0.15) is 0 Å². The quantitative estimate of drug-likeness (QED) is 0.739. The van der Waals surface area contributed by atoms with Gasteiger partial charge in [-0.15, -0.1) is 0 Å². The van der Waals surface area contributed by atoms with E-state index in [9.17, 15) is 13.2 Å². The zero-order valence-corrected chi connectivity index (χ0v) is 16.5. The fourth-order valence-electron chi connectivity index (χ4n) is 3.74. The first-order valence-corrected chi connectivity index (χ1v) is 11.3. The molecule has 2 fully saturated rings. The molecule has 0 N–H and O–H groups in total. The van der Waals surface area contributed by atoms with Crippen LogP contribution in [0.5, 0.6) is 0 Å². The minimum absolute atomic E-state index is 0.106. The lowest BCUT2D eigenvalue weighted by molar-refractivity contribution is -0.140. The van der Waals surface area contributed by atoms with Crippen molar-refractivity contribution in [2.24, 2.45) is 5.92 Å². The Morgan fingerprint density at radius 2 is 1.81 bits per heavy atom. The zero-order chi connectivity index (χ0) is 18.9. The lowest BCUT2D eigenvalue weighted by Gasteiger charge is -2.39. The Bertz CT molecular complexity index is 730. The van der Waals surface area contributed by atoms with E-state index in [1.54, 1.807) is 0 Å². The molecule has 26 heavy (non-hydrogen) atoms. The topological polar surface area (TPSA) is 96.6 Å². The Balaban J connectivity index is 1.53. The van der Waals surface area contributed by atoms with E-state index in [1.807, 2.05) is 18.7 Å². The van der Waals surface area contributed by atoms with Crippen LogP contribution in [-0.4, -0.2) is 66.1 Å². The van der Waals surface area contributed by atoms with E-state index in [4.69, 9.17) is 4.52 Å². The normalized spacial score (nSPS) is 20.5. The molecule has 9 heteroatoms. The second-order valence-electron chi connectivity index (χ2n) is 7.38. The Hall–Kier alpha value is -1.48. The summed E-state index contributed by atoms with van der Waals surface area (Å²) in [6, 6.07) is 0. The van der Waals surface area contributed by atoms with Crippen molar-refractivity contribution in [1.82, 2.24) is 19.3 Å². The second-order valence-corrected chi connectivity index (χ2v) is 9.36. The van der Waals surface area contributed by atoms with Crippen LogP contribution in [0.2, 0.25) is 0 Å². The summed E-state index contributed by atoms with van der Waals surface area (Å²) in [5.74, 6) is 1.84. The standard InChI is InChI=1S/C17H28N4O4S/c1-4-12(5-2)17(22)20-10-14(11-20)16-18-15(19-25-16)13-6-8-21(9-7-13)26(3,23)24/h12-14H,4-11H2,1-3H3. The van der Waals surface area contributed by atoms with Gasteiger partial charge < -0.3 is 9.42 Å². The molecule has 3 heterocycles. The Morgan fingerprint density at radius 1 is 1.19 bits per heavy atom. The molecule has 0 spiro atoms. The number of sulfonamides is 1. The predicted octanol–water partition coefficient (Wildman–Crippen LogP) is 1.57. The molecule has 1 aromatic rings. The summed E-state index contributed by atoms with van der Waals surface area (Å²) < 4.78 is 30.1. The third kappa shape index (κ3) is 3.93. The number of carbonyl (C=O) groups is 1. The number of likely N-dealkylation sites (tertiary alicyclic amines) is 1. The van der Waals surface area contributed by atoms with E-state index < -0.39 is 10.0 Å². The predicted molar refractivity (Wildman–Crippen MR) is 96.1 cm³/mol. The maximum Gasteiger partial charge on any atom is 0.233 e. The van der Waals surface area contributed by atoms with Crippen molar-refractivity contribution in [2.75, 3.05) is 32.4 Å². The highest BCUT2D eigenvalue weighted by Crippen LogP contribution is 2.31. The number of piperidine rings is 1. The highest BCUT2D eigenvalue weighted by molar-refractivity contribution is 7.88. The van der Waals surface area contributed by atoms with Gasteiger partial charge in [0, 0.05) is 38.0 Å². The minimum atomic E-state index is -3.13. The molecule has 146 valence electrons. The molecule has 0 atom stereocenters. The molecule has 1 amide bonds. The first-order chi connectivity index (χ1) is 12.3. The number of rotatable bonds is 6. The molecule has 2 aliphatic heterocycles. The highest BCUT2D eigenvalue weighted by Gasteiger charge is 2.38. The van der Waals surface area contributed by atoms with Gasteiger partial charge in [-0.2, -0.15) is 4.98 Å². The minimum Gasteiger partial charge on any atom is -0.341 e. The summed E-state index contributed by atoms with van der Waals surface area (Å²) in [7, 11) is -3.13. The fourth-order valence-corrected chi connectivity index (χ4v) is 4.61. The van der Waals surface area contributed by atoms with Crippen molar-refractivity contribution in [3.8, 4) is 0 Å². The van der Waals surface area contributed by atoms with E-state index in [-0.39, 0.29) is 23.7 Å². The van der Waals surface area contributed by atoms with Gasteiger partial charge in [-0.25, -0.2) is 12.7 Å². The Morgan fingerprint density at radius 3 is 2.35 bits per heavy atom. The van der Waals surface area contributed by atoms with Crippen molar-refractivity contribution in [3.63, 3.8) is 0 Å². The van der Waals surface area contributed by atoms with E-state index in [0.717, 1.165) is 12.8 Å². The highest BCUT2D eigenvalue weighted by atomic mass is 32.2. The third-order valence-corrected chi connectivity index (χ3v) is 6.93. The molecule has 0 bridgehead atoms. The maximum absolute atomic E-state index is 12.3. The Labute approximate surface area is 155 Å². The maximum atomic E-state index is 12.3. The first kappa shape index (κ1) is 19.3. The van der Waals surface area contributed by atoms with Gasteiger partial charge >= 0.3 is 0 Å². The van der Waals surface area contributed by atoms with Crippen LogP contribution >= 0.6 is 0 Å². The number of aromatic nitrogens is 2. The van der Waals surface area contributed by atoms with Crippen molar-refractivity contribution >= 4 is 15.9 Å². The Kier molecular flexibility index (Phi) is 5.67. The number of carbonyl (C=O) groups excluding carboxylic acids is 1. The molecule has 0 saturated carbocycles. The summed E-state index contributed by atoms with van der Waals surface area (Å²) >= 11 is 0. The summed E-state index contributed by atoms with van der Waals surface area (Å²) in [4.78, 5) is 18.7. The van der Waals surface area contributed by atoms with Crippen LogP contribution in [0.3, 0.4) is 0 Å². The number of nitrogens with zero attached hydrogens (tertiary/aromatic N) is 4. The van der Waals surface area contributed by atoms with Crippen molar-refractivity contribution in [1.29, 1.82) is 0 Å². The van der Waals surface area contributed by atoms with Crippen molar-refractivity contribution in [2.45, 2.75) is 51.4 Å². The van der Waals surface area contributed by atoms with Crippen LogP contribution < -0.4 is 0 Å². The third-order valence-electron chi connectivity index (χ3n) is 5.62. The molecule has 2 saturated heterocycles. The van der Waals surface area contributed by atoms with Gasteiger partial charge in [-0.05, 0) is 25.7 Å². The second kappa shape index (κ2) is 7.64. The van der Waals surface area contributed by atoms with E-state index in [1.165, 1.54) is 10.6 Å². The summed E-state index contributed by atoms with van der Waals surface area (Å²) in [6.45, 7) is 6.36. The average molecular weight is 385 g/mol. The summed E-state index contributed by atoms with van der Waals surface area (Å²) in [5.41, 5.74) is 0. The molecule has 1 aromatic heterocycles. The van der Waals surface area contributed by atoms with Crippen LogP contribution in [0.15, 0.2) is 4.52 Å². The van der Waals surface area contributed by atoms with Crippen molar-refractivity contribution < 1.29 is 17.7 Å². The van der Waals surface area contributed by atoms with Gasteiger partial charge in [0.15, 0.2) is 5.82 Å². The van der Waals surface area contributed by atoms with Crippen LogP contribution in [0, 0.1) is 5.92 Å². The number of amides is 1. The molecule has 0 unspecified atom stereocenters. The van der Waals surface area contributed by atoms with Crippen LogP contribution in [0.25, 0.3) is 0 Å². The van der Waals surface area contributed by atoms with Gasteiger partial charge in [-0.1, -0.05) is 19.0 Å². The first-order valence-electron chi connectivity index (χ1n) is 9.40. The lowest BCUT2D eigenvalue weighted by Crippen LogP contribution is -2.50. The van der Waals surface area contributed by atoms with Crippen molar-refractivity contribution in [3.05, 3.63) is 11.7 Å². The van der Waals surface area contributed by atoms with Crippen LogP contribution in [0.4, 0.5) is 0 Å². The summed E-state index contributed by atoms with van der Waals surface area (Å²) in [6.07, 6.45) is 4.39. The smallest absolute Gasteiger partial charge is 0.233 e. The zero-order valence-electron chi connectivity index (χ0n) is 15.7. The van der Waals surface area contributed by atoms with Gasteiger partial charge in [0.2, 0.25) is 21.8 Å². The van der Waals surface area contributed by atoms with Gasteiger partial charge in [0.25, 0.3) is 0 Å². The number of hydrogen-bond donors (Lipinski definition) is 0. The van der Waals surface area contributed by atoms with Gasteiger partial charge in [-0.3, -0.25) is 4.79 Å². The number of hydrogen-bond acceptors (Lipinski definition) is 6. The van der Waals surface area contributed by atoms with Gasteiger partial charge in [0.05, 0.1) is 12.2 Å². The average Bonchev–Trinajstić information content (AvgIpc) is 3.03. The monoisotopic (exact) mass is 384 g/mol. The summed E-state index contributed by atoms with van der Waals surface area (Å²) in [5, 5.41) is 4.11. The van der Waals surface area contributed by atoms with E-state index in [0.29, 0.717) is 50.7 Å². The van der Waals surface area contributed by atoms with E-state index in [2.05, 4.69) is 10.1 Å². The molecular weight excluding hydrogens is 356 g/mol. The molecule has 0 aromatic carbocycles. The molecule has 0 aliphatic carbocycles. The molecule has 3 rings (SSSR count). The molecule has 8 nitrogen and oxygen atoms in total. The molecular formula is C17H28N4O4S. The van der Waals surface area contributed by atoms with Crippen LogP contribution in [-0.2, 0) is 14.8 Å². The van der Waals surface area contributed by atoms with E-state index >= 15 is 0 Å². The fraction of sp³-hybridized carbons (Fsp3) is 0.824. The van der Waals surface area contributed by atoms with Crippen LogP contribution in [0.1, 0.15) is 63.1 Å². The lowest BCUT2D eigenvalue weighted by atomic mass is 9.94. The SMILES string of the molecule is CCC(CC)C(=O)N1CC(c2nc(C3CCN(S(C)(=O)=O)CC3)no2)C1. The largest absolute Gasteiger partial charge is 0.341 e.